The maximum atomic E-state index is 13.2. The number of fused-ring (bicyclic) bond motifs is 1. The number of nitrogens with one attached hydrogen (secondary N) is 1. The van der Waals surface area contributed by atoms with Crippen molar-refractivity contribution in [3.8, 4) is 11.8 Å². The van der Waals surface area contributed by atoms with Gasteiger partial charge in [-0.3, -0.25) is 0 Å². The van der Waals surface area contributed by atoms with Gasteiger partial charge in [-0.05, 0) is 16.8 Å². The van der Waals surface area contributed by atoms with Crippen molar-refractivity contribution < 1.29 is 35.5 Å². The van der Waals surface area contributed by atoms with Gasteiger partial charge in [0.2, 0.25) is 0 Å². The number of hydrogen-bond donors (Lipinski definition) is 1. The standard InChI is InChI=1S/C16H10F7N3O/c17-14(18,15(19,20)21)16(22,23)26-25-9-12-11-4-2-1-3-10(11)5-6-13(12)27-8-7-24/h1-6,9,26H,8H2/b25-9-. The minimum Gasteiger partial charge on any atom is -0.478 e. The molecule has 0 aliphatic heterocycles. The summed E-state index contributed by atoms with van der Waals surface area (Å²) >= 11 is 0. The Morgan fingerprint density at radius 2 is 1.70 bits per heavy atom. The summed E-state index contributed by atoms with van der Waals surface area (Å²) < 4.78 is 93.7. The van der Waals surface area contributed by atoms with E-state index in [0.29, 0.717) is 22.4 Å². The Kier molecular flexibility index (Phi) is 5.48. The predicted octanol–water partition coefficient (Wildman–Crippen LogP) is 4.46. The van der Waals surface area contributed by atoms with Crippen LogP contribution in [0.4, 0.5) is 30.7 Å². The first-order valence-corrected chi connectivity index (χ1v) is 7.15. The van der Waals surface area contributed by atoms with Crippen LogP contribution >= 0.6 is 0 Å². The monoisotopic (exact) mass is 393 g/mol. The molecule has 0 heterocycles. The van der Waals surface area contributed by atoms with Crippen molar-refractivity contribution in [2.45, 2.75) is 18.1 Å². The molecule has 0 amide bonds. The van der Waals surface area contributed by atoms with Crippen LogP contribution in [0.2, 0.25) is 0 Å². The zero-order chi connectivity index (χ0) is 20.3. The van der Waals surface area contributed by atoms with Crippen molar-refractivity contribution >= 4 is 17.0 Å². The molecule has 144 valence electrons. The second kappa shape index (κ2) is 7.30. The summed E-state index contributed by atoms with van der Waals surface area (Å²) in [5, 5.41) is 12.4. The van der Waals surface area contributed by atoms with Crippen LogP contribution < -0.4 is 10.2 Å². The molecule has 0 unspecified atom stereocenters. The van der Waals surface area contributed by atoms with Gasteiger partial charge in [0, 0.05) is 5.56 Å². The Hall–Kier alpha value is -3.03. The van der Waals surface area contributed by atoms with Crippen LogP contribution in [0.15, 0.2) is 41.5 Å². The van der Waals surface area contributed by atoms with Crippen molar-refractivity contribution in [3.05, 3.63) is 42.0 Å². The number of alkyl halides is 7. The molecule has 4 nitrogen and oxygen atoms in total. The molecular formula is C16H10F7N3O. The molecule has 11 heteroatoms. The average Bonchev–Trinajstić information content (AvgIpc) is 2.59. The smallest absolute Gasteiger partial charge is 0.462 e. The van der Waals surface area contributed by atoms with E-state index in [1.807, 2.05) is 0 Å². The summed E-state index contributed by atoms with van der Waals surface area (Å²) in [6.07, 6.45) is -5.85. The molecule has 2 aromatic carbocycles. The van der Waals surface area contributed by atoms with Crippen LogP contribution in [0, 0.1) is 11.3 Å². The lowest BCUT2D eigenvalue weighted by Crippen LogP contribution is -2.58. The van der Waals surface area contributed by atoms with Crippen LogP contribution in [0.3, 0.4) is 0 Å². The van der Waals surface area contributed by atoms with Crippen molar-refractivity contribution in [2.24, 2.45) is 5.10 Å². The summed E-state index contributed by atoms with van der Waals surface area (Å²) in [4.78, 5) is 0. The zero-order valence-corrected chi connectivity index (χ0v) is 13.2. The maximum Gasteiger partial charge on any atom is 0.462 e. The predicted molar refractivity (Wildman–Crippen MR) is 81.7 cm³/mol. The molecule has 0 radical (unpaired) electrons. The molecule has 2 rings (SSSR count). The second-order valence-corrected chi connectivity index (χ2v) is 5.16. The van der Waals surface area contributed by atoms with E-state index in [1.165, 1.54) is 12.1 Å². The molecule has 0 saturated heterocycles. The molecule has 1 N–H and O–H groups in total. The van der Waals surface area contributed by atoms with Gasteiger partial charge >= 0.3 is 18.1 Å². The van der Waals surface area contributed by atoms with Gasteiger partial charge < -0.3 is 4.74 Å². The van der Waals surface area contributed by atoms with Gasteiger partial charge in [-0.1, -0.05) is 30.3 Å². The molecule has 0 aromatic heterocycles. The molecule has 0 bridgehead atoms. The second-order valence-electron chi connectivity index (χ2n) is 5.16. The summed E-state index contributed by atoms with van der Waals surface area (Å²) in [7, 11) is 0. The largest absolute Gasteiger partial charge is 0.478 e. The molecule has 0 aliphatic carbocycles. The van der Waals surface area contributed by atoms with Gasteiger partial charge in [0.05, 0.1) is 6.21 Å². The van der Waals surface area contributed by atoms with E-state index in [0.717, 1.165) is 0 Å². The summed E-state index contributed by atoms with van der Waals surface area (Å²) in [5.41, 5.74) is 0.564. The third kappa shape index (κ3) is 4.05. The molecule has 0 saturated carbocycles. The molecule has 0 atom stereocenters. The topological polar surface area (TPSA) is 57.4 Å². The Morgan fingerprint density at radius 1 is 1.04 bits per heavy atom. The fourth-order valence-electron chi connectivity index (χ4n) is 2.07. The number of nitrogens with zero attached hydrogens (tertiary/aromatic N) is 2. The Bertz CT molecular complexity index is 888. The number of ether oxygens (including phenoxy) is 1. The van der Waals surface area contributed by atoms with Gasteiger partial charge in [-0.2, -0.15) is 41.1 Å². The Labute approximate surface area is 147 Å². The van der Waals surface area contributed by atoms with Gasteiger partial charge in [0.25, 0.3) is 0 Å². The summed E-state index contributed by atoms with van der Waals surface area (Å²) in [6, 6.07) is 5.37. The molecule has 0 spiro atoms. The number of hydrazone groups is 1. The minimum absolute atomic E-state index is 0.00620. The van der Waals surface area contributed by atoms with Crippen molar-refractivity contribution in [1.82, 2.24) is 5.43 Å². The number of rotatable bonds is 6. The normalized spacial score (nSPS) is 13.0. The number of nitriles is 1. The zero-order valence-electron chi connectivity index (χ0n) is 13.2. The Morgan fingerprint density at radius 3 is 2.33 bits per heavy atom. The quantitative estimate of drug-likeness (QED) is 0.341. The molecule has 0 fully saturated rings. The maximum absolute atomic E-state index is 13.2. The van der Waals surface area contributed by atoms with E-state index < -0.39 is 24.8 Å². The SMILES string of the molecule is N#CCOc1ccc2ccccc2c1/C=N\NC(F)(F)C(F)(F)C(F)(F)F. The number of halogens is 7. The fourth-order valence-corrected chi connectivity index (χ4v) is 2.07. The number of hydrogen-bond acceptors (Lipinski definition) is 4. The lowest BCUT2D eigenvalue weighted by atomic mass is 10.0. The van der Waals surface area contributed by atoms with Crippen LogP contribution in [-0.2, 0) is 0 Å². The minimum atomic E-state index is -6.47. The van der Waals surface area contributed by atoms with Crippen LogP contribution in [-0.4, -0.2) is 31.0 Å². The van der Waals surface area contributed by atoms with Gasteiger partial charge in [0.1, 0.15) is 11.8 Å². The molecular weight excluding hydrogens is 383 g/mol. The van der Waals surface area contributed by atoms with Gasteiger partial charge in [-0.15, -0.1) is 0 Å². The lowest BCUT2D eigenvalue weighted by Gasteiger charge is -2.27. The summed E-state index contributed by atoms with van der Waals surface area (Å²) in [6.45, 7) is -0.408. The summed E-state index contributed by atoms with van der Waals surface area (Å²) in [5.74, 6) is -6.33. The first-order valence-electron chi connectivity index (χ1n) is 7.15. The highest BCUT2D eigenvalue weighted by molar-refractivity contribution is 6.02. The highest BCUT2D eigenvalue weighted by Gasteiger charge is 2.73. The molecule has 0 aliphatic rings. The lowest BCUT2D eigenvalue weighted by molar-refractivity contribution is -0.361. The first kappa shape index (κ1) is 20.3. The third-order valence-electron chi connectivity index (χ3n) is 3.37. The van der Waals surface area contributed by atoms with E-state index >= 15 is 0 Å². The highest BCUT2D eigenvalue weighted by Crippen LogP contribution is 2.45. The van der Waals surface area contributed by atoms with E-state index in [1.54, 1.807) is 30.3 Å². The highest BCUT2D eigenvalue weighted by atomic mass is 19.4. The molecule has 27 heavy (non-hydrogen) atoms. The van der Waals surface area contributed by atoms with Crippen LogP contribution in [0.25, 0.3) is 10.8 Å². The van der Waals surface area contributed by atoms with Crippen molar-refractivity contribution in [2.75, 3.05) is 6.61 Å². The van der Waals surface area contributed by atoms with Crippen LogP contribution in [0.5, 0.6) is 5.75 Å². The van der Waals surface area contributed by atoms with Crippen molar-refractivity contribution in [1.29, 1.82) is 5.26 Å². The molecule has 2 aromatic rings. The van der Waals surface area contributed by atoms with Gasteiger partial charge in [0.15, 0.2) is 6.61 Å². The third-order valence-corrected chi connectivity index (χ3v) is 3.37. The van der Waals surface area contributed by atoms with Crippen molar-refractivity contribution in [3.63, 3.8) is 0 Å². The average molecular weight is 393 g/mol. The number of benzene rings is 2. The van der Waals surface area contributed by atoms with E-state index in [9.17, 15) is 30.7 Å². The fraction of sp³-hybridized carbons (Fsp3) is 0.250. The van der Waals surface area contributed by atoms with E-state index in [4.69, 9.17) is 10.00 Å². The Balaban J connectivity index is 2.38. The van der Waals surface area contributed by atoms with E-state index in [-0.39, 0.29) is 11.3 Å². The van der Waals surface area contributed by atoms with Gasteiger partial charge in [-0.25, -0.2) is 5.43 Å². The van der Waals surface area contributed by atoms with E-state index in [2.05, 4.69) is 5.10 Å². The first-order chi connectivity index (χ1) is 12.5. The van der Waals surface area contributed by atoms with Crippen LogP contribution in [0.1, 0.15) is 5.56 Å².